The lowest BCUT2D eigenvalue weighted by Crippen LogP contribution is -2.02. The number of hydrogen-bond acceptors (Lipinski definition) is 15. The van der Waals surface area contributed by atoms with Gasteiger partial charge >= 0.3 is 0 Å². The number of nitrogen functional groups attached to an aromatic ring is 1. The van der Waals surface area contributed by atoms with Gasteiger partial charge in [-0.15, -0.1) is 0 Å². The van der Waals surface area contributed by atoms with Gasteiger partial charge < -0.3 is 34.2 Å². The molecule has 0 atom stereocenters. The molecule has 84 heavy (non-hydrogen) atoms. The number of halogens is 1. The summed E-state index contributed by atoms with van der Waals surface area (Å²) in [6, 6.07) is 8.11. The molecule has 0 radical (unpaired) electrons. The first-order valence-corrected chi connectivity index (χ1v) is 41.2. The molecule has 10 aromatic rings. The summed E-state index contributed by atoms with van der Waals surface area (Å²) in [5, 5.41) is 21.4. The van der Waals surface area contributed by atoms with E-state index in [1.54, 1.807) is 94.1 Å². The van der Waals surface area contributed by atoms with E-state index < -0.39 is 0 Å². The second kappa shape index (κ2) is 32.0. The summed E-state index contributed by atoms with van der Waals surface area (Å²) in [7, 11) is 25.3. The highest BCUT2D eigenvalue weighted by atomic mass is 35.5. The number of nitrogens with one attached hydrogen (secondary N) is 2. The fourth-order valence-electron chi connectivity index (χ4n) is 9.20. The Kier molecular flexibility index (Phi) is 26.8. The third-order valence-electron chi connectivity index (χ3n) is 13.0. The number of ether oxygens (including phenoxy) is 2. The summed E-state index contributed by atoms with van der Waals surface area (Å²) >= 11 is 15.7. The van der Waals surface area contributed by atoms with Gasteiger partial charge in [-0.2, -0.15) is 10.2 Å². The van der Waals surface area contributed by atoms with Crippen molar-refractivity contribution >= 4 is 181 Å². The van der Waals surface area contributed by atoms with Gasteiger partial charge in [0.2, 0.25) is 0 Å². The van der Waals surface area contributed by atoms with Gasteiger partial charge in [-0.05, 0) is 91.5 Å². The van der Waals surface area contributed by atoms with E-state index in [4.69, 9.17) is 73.3 Å². The van der Waals surface area contributed by atoms with Crippen molar-refractivity contribution in [1.29, 1.82) is 0 Å². The highest BCUT2D eigenvalue weighted by molar-refractivity contribution is 8.75. The molecule has 0 fully saturated rings. The van der Waals surface area contributed by atoms with E-state index >= 15 is 0 Å². The van der Waals surface area contributed by atoms with Crippen molar-refractivity contribution in [3.63, 3.8) is 0 Å². The lowest BCUT2D eigenvalue weighted by molar-refractivity contribution is 0.393. The number of rotatable bonds is 8. The van der Waals surface area contributed by atoms with Crippen LogP contribution in [0.3, 0.4) is 0 Å². The maximum atomic E-state index is 6.33. The maximum absolute atomic E-state index is 6.33. The van der Waals surface area contributed by atoms with E-state index in [0.29, 0.717) is 34.9 Å². The summed E-state index contributed by atoms with van der Waals surface area (Å²) in [5.41, 5.74) is 22.0. The monoisotopic (exact) mass is 1400 g/mol. The van der Waals surface area contributed by atoms with Gasteiger partial charge in [0.05, 0.1) is 70.6 Å². The first kappa shape index (κ1) is 70.4. The molecule has 4 N–H and O–H groups in total. The molecule has 10 rings (SSSR count). The molecule has 0 bridgehead atoms. The van der Waals surface area contributed by atoms with E-state index in [9.17, 15) is 0 Å². The summed E-state index contributed by atoms with van der Waals surface area (Å²) in [6.07, 6.45) is 0.688. The number of aromatic amines is 2. The van der Waals surface area contributed by atoms with Crippen LogP contribution in [0.2, 0.25) is 5.15 Å². The van der Waals surface area contributed by atoms with Crippen molar-refractivity contribution in [2.24, 2.45) is 14.1 Å². The number of aromatic nitrogens is 12. The Morgan fingerprint density at radius 2 is 1.01 bits per heavy atom. The van der Waals surface area contributed by atoms with Crippen molar-refractivity contribution in [3.05, 3.63) is 98.0 Å². The summed E-state index contributed by atoms with van der Waals surface area (Å²) in [5.74, 6) is 5.08. The van der Waals surface area contributed by atoms with Crippen molar-refractivity contribution in [2.75, 3.05) is 20.0 Å². The number of H-pyrrole nitrogens is 2. The highest BCUT2D eigenvalue weighted by Crippen LogP contribution is 2.42. The zero-order chi connectivity index (χ0) is 59.7. The summed E-state index contributed by atoms with van der Waals surface area (Å²) in [6.45, 7) is 24.0. The number of benzene rings is 2. The molecule has 17 nitrogen and oxygen atoms in total. The van der Waals surface area contributed by atoms with Crippen molar-refractivity contribution in [1.82, 2.24) is 59.8 Å². The van der Waals surface area contributed by atoms with Crippen LogP contribution in [0.1, 0.15) is 123 Å². The predicted molar refractivity (Wildman–Crippen MR) is 381 cm³/mol. The van der Waals surface area contributed by atoms with Crippen LogP contribution in [0.25, 0.3) is 66.1 Å². The Balaban J connectivity index is 0.000000224. The van der Waals surface area contributed by atoms with Crippen LogP contribution in [0, 0.1) is 55.4 Å². The Bertz CT molecular complexity index is 4500. The Labute approximate surface area is 536 Å². The van der Waals surface area contributed by atoms with Crippen LogP contribution >= 0.6 is 11.6 Å². The molecule has 0 aliphatic carbocycles. The zero-order valence-electron chi connectivity index (χ0n) is 47.5. The molecule has 0 unspecified atom stereocenters. The molecule has 0 amide bonds. The van der Waals surface area contributed by atoms with Gasteiger partial charge in [0, 0.05) is 190 Å². The minimum atomic E-state index is 0. The average molecular weight is 1400 g/mol. The molecule has 0 aliphatic heterocycles. The van der Waals surface area contributed by atoms with Crippen LogP contribution in [0.15, 0.2) is 33.3 Å². The molecule has 2 aromatic carbocycles. The molecule has 31 heteroatoms. The molecule has 0 spiro atoms. The largest absolute Gasteiger partial charge is 0.496 e. The number of aryl methyl sites for hydroxylation is 8. The lowest BCUT2D eigenvalue weighted by Gasteiger charge is -2.10. The lowest BCUT2D eigenvalue weighted by atomic mass is 9.97. The third-order valence-corrected chi connectivity index (χ3v) is 35.5. The second-order valence-corrected chi connectivity index (χ2v) is 38.7. The van der Waals surface area contributed by atoms with Gasteiger partial charge in [0.15, 0.2) is 0 Å². The van der Waals surface area contributed by atoms with Gasteiger partial charge in [0.1, 0.15) is 51.1 Å². The van der Waals surface area contributed by atoms with Gasteiger partial charge in [-0.1, -0.05) is 64.5 Å². The Morgan fingerprint density at radius 1 is 0.595 bits per heavy atom. The summed E-state index contributed by atoms with van der Waals surface area (Å²) in [4.78, 5) is 25.1. The van der Waals surface area contributed by atoms with Gasteiger partial charge in [-0.25, -0.2) is 19.9 Å². The maximum Gasteiger partial charge on any atom is 0.143 e. The topological polar surface area (TPSA) is 215 Å². The molecule has 0 aliphatic rings. The van der Waals surface area contributed by atoms with Crippen LogP contribution in [0.5, 0.6) is 11.5 Å². The number of methoxy groups -OCH3 is 2. The smallest absolute Gasteiger partial charge is 0.143 e. The Morgan fingerprint density at radius 3 is 1.40 bits per heavy atom. The van der Waals surface area contributed by atoms with Crippen LogP contribution in [0.4, 0.5) is 5.69 Å². The SMILES string of the molecule is C.C.COc1cc2c(cc1-c1c(C)noc1C)[nH]c1nc(C)nc(Cc3c(C(C)C)nn(C)c3C)c12.COc1cc2c(cc1-c1c(C)noc1C)[nH]c1nc(C)nc(Cl)c12.Cc1c(N)c(C(C)C)nn1C.S=S=S=S=S=S=S=S=S=S=S=S=S. The van der Waals surface area contributed by atoms with E-state index in [0.717, 1.165) is 135 Å². The molecule has 0 saturated carbocycles. The predicted octanol–water partition coefficient (Wildman–Crippen LogP) is 12.5. The second-order valence-electron chi connectivity index (χ2n) is 18.9. The van der Waals surface area contributed by atoms with Crippen molar-refractivity contribution in [3.8, 4) is 33.8 Å². The minimum Gasteiger partial charge on any atom is -0.496 e. The Hall–Kier alpha value is -4.41. The number of anilines is 1. The minimum absolute atomic E-state index is 0. The first-order valence-electron chi connectivity index (χ1n) is 24.8. The number of nitrogens with zero attached hydrogens (tertiary/aromatic N) is 10. The van der Waals surface area contributed by atoms with Crippen LogP contribution in [-0.2, 0) is 141 Å². The first-order chi connectivity index (χ1) is 39.1. The molecular weight excluding hydrogens is 1330 g/mol. The van der Waals surface area contributed by atoms with Gasteiger partial charge in [-0.3, -0.25) is 9.36 Å². The van der Waals surface area contributed by atoms with E-state index in [1.807, 2.05) is 84.1 Å². The van der Waals surface area contributed by atoms with E-state index in [-0.39, 0.29) is 14.9 Å². The fraction of sp³-hybridized carbons (Fsp3) is 0.396. The van der Waals surface area contributed by atoms with E-state index in [1.165, 1.54) is 23.3 Å². The molecule has 8 aromatic heterocycles. The number of nitrogens with two attached hydrogens (primary N) is 1. The third kappa shape index (κ3) is 16.2. The van der Waals surface area contributed by atoms with Crippen molar-refractivity contribution < 1.29 is 18.5 Å². The quantitative estimate of drug-likeness (QED) is 0.121. The van der Waals surface area contributed by atoms with E-state index in [2.05, 4.69) is 82.1 Å². The molecule has 454 valence electrons. The normalized spacial score (nSPS) is 10.7. The number of hydrogen-bond donors (Lipinski definition) is 3. The average Bonchev–Trinajstić information content (AvgIpc) is 2.36. The number of fused-ring (bicyclic) bond motifs is 6. The molecule has 8 heterocycles. The highest BCUT2D eigenvalue weighted by Gasteiger charge is 2.24. The van der Waals surface area contributed by atoms with Crippen LogP contribution < -0.4 is 15.2 Å². The standard InChI is InChI=1S/C26H30N6O2.C17H15ClN4O2.C8H15N3.2CH4.S13/c1-12(2)25-17(14(4)32(7)30-25)9-21-24-18-11-22(33-8)19(23-13(3)31-34-15(23)5)10-20(18)29-26(24)28-16(6)27-21;1-7-14(8(2)24-22-7)11-5-12-10(6-13(11)23-4)15-16(18)19-9(3)20-17(15)21-12;1-5(2)8-7(9)6(3)11(4)10-8;;;1-3-5-7-9-11-13-12-10-8-6-4-2/h10-12H,9H2,1-8H3,(H,27,28,29);5-6H,1-4H3,(H,19,20,21);5H,9H2,1-4H3;2*1H4;. The van der Waals surface area contributed by atoms with Crippen LogP contribution in [-0.4, -0.2) is 74.0 Å². The molecule has 0 saturated heterocycles. The van der Waals surface area contributed by atoms with Crippen molar-refractivity contribution in [2.45, 2.75) is 116 Å². The zero-order valence-corrected chi connectivity index (χ0v) is 58.9. The van der Waals surface area contributed by atoms with Gasteiger partial charge in [0.25, 0.3) is 0 Å². The molecular formula is C53H68ClN13O4S13. The fourth-order valence-corrected chi connectivity index (χ4v) is 34.2. The summed E-state index contributed by atoms with van der Waals surface area (Å²) < 4.78 is 25.9.